The lowest BCUT2D eigenvalue weighted by atomic mass is 9.95. The first kappa shape index (κ1) is 28.4. The van der Waals surface area contributed by atoms with Crippen LogP contribution in [0.15, 0.2) is 40.9 Å². The predicted molar refractivity (Wildman–Crippen MR) is 153 cm³/mol. The Kier molecular flexibility index (Phi) is 11.5. The molecule has 0 atom stereocenters. The number of thiocarbonyl (C=S) groups is 1. The first-order valence-corrected chi connectivity index (χ1v) is 14.1. The molecule has 1 aliphatic rings. The Balaban J connectivity index is 1.61. The average molecular weight is 595 g/mol. The van der Waals surface area contributed by atoms with E-state index in [9.17, 15) is 9.59 Å². The van der Waals surface area contributed by atoms with Crippen molar-refractivity contribution in [2.75, 3.05) is 11.9 Å². The molecule has 1 aliphatic carbocycles. The fraction of sp³-hybridized carbons (Fsp3) is 0.444. The van der Waals surface area contributed by atoms with E-state index in [1.165, 1.54) is 6.42 Å². The van der Waals surface area contributed by atoms with Crippen LogP contribution < -0.4 is 20.7 Å². The van der Waals surface area contributed by atoms with Crippen molar-refractivity contribution in [1.82, 2.24) is 10.6 Å². The van der Waals surface area contributed by atoms with Gasteiger partial charge in [-0.3, -0.25) is 14.9 Å². The van der Waals surface area contributed by atoms with Crippen molar-refractivity contribution in [3.63, 3.8) is 0 Å². The third-order valence-electron chi connectivity index (χ3n) is 6.08. The van der Waals surface area contributed by atoms with Crippen LogP contribution in [0, 0.1) is 0 Å². The number of amides is 2. The van der Waals surface area contributed by atoms with Crippen molar-refractivity contribution >= 4 is 62.4 Å². The summed E-state index contributed by atoms with van der Waals surface area (Å²) in [4.78, 5) is 25.8. The summed E-state index contributed by atoms with van der Waals surface area (Å²) >= 11 is 15.1. The number of rotatable bonds is 10. The van der Waals surface area contributed by atoms with Crippen molar-refractivity contribution < 1.29 is 14.3 Å². The zero-order chi connectivity index (χ0) is 25.9. The van der Waals surface area contributed by atoms with Gasteiger partial charge in [0.05, 0.1) is 22.8 Å². The molecule has 0 radical (unpaired) electrons. The Labute approximate surface area is 232 Å². The van der Waals surface area contributed by atoms with Gasteiger partial charge >= 0.3 is 0 Å². The molecule has 0 aliphatic heterocycles. The molecule has 0 aromatic heterocycles. The molecule has 2 amide bonds. The van der Waals surface area contributed by atoms with Crippen LogP contribution in [0.4, 0.5) is 5.69 Å². The number of halogens is 2. The van der Waals surface area contributed by atoms with Crippen LogP contribution in [-0.4, -0.2) is 29.6 Å². The number of carbonyl (C=O) groups excluding carboxylic acids is 2. The second-order valence-electron chi connectivity index (χ2n) is 8.96. The Morgan fingerprint density at radius 3 is 2.56 bits per heavy atom. The minimum atomic E-state index is -0.387. The van der Waals surface area contributed by atoms with Crippen molar-refractivity contribution in [2.45, 2.75) is 70.8 Å². The number of unbranched alkanes of at least 4 members (excludes halogenated alkanes) is 3. The summed E-state index contributed by atoms with van der Waals surface area (Å²) in [5.41, 5.74) is 1.31. The molecule has 6 nitrogen and oxygen atoms in total. The lowest BCUT2D eigenvalue weighted by Gasteiger charge is -2.23. The molecule has 0 heterocycles. The van der Waals surface area contributed by atoms with E-state index in [1.807, 2.05) is 6.07 Å². The first-order valence-electron chi connectivity index (χ1n) is 12.5. The number of hydrogen-bond donors (Lipinski definition) is 3. The van der Waals surface area contributed by atoms with E-state index in [4.69, 9.17) is 28.6 Å². The molecular weight excluding hydrogens is 562 g/mol. The second kappa shape index (κ2) is 14.5. The highest BCUT2D eigenvalue weighted by Crippen LogP contribution is 2.25. The summed E-state index contributed by atoms with van der Waals surface area (Å²) in [6.07, 6.45) is 9.75. The van der Waals surface area contributed by atoms with Gasteiger partial charge in [0.15, 0.2) is 5.11 Å². The van der Waals surface area contributed by atoms with Crippen molar-refractivity contribution in [3.05, 3.63) is 57.0 Å². The monoisotopic (exact) mass is 593 g/mol. The van der Waals surface area contributed by atoms with E-state index < -0.39 is 0 Å². The molecule has 0 bridgehead atoms. The standard InChI is InChI=1S/C27H33BrClN3O3S/c1-2-3-4-8-15-35-24-14-11-18(28)16-22(24)26(34)32-27(36)31-20-12-13-23(29)21(17-20)25(33)30-19-9-6-5-7-10-19/h11-14,16-17,19H,2-10,15H2,1H3,(H,30,33)(H2,31,32,34,36). The van der Waals surface area contributed by atoms with Gasteiger partial charge < -0.3 is 15.4 Å². The fourth-order valence-corrected chi connectivity index (χ4v) is 4.91. The molecular formula is C27H33BrClN3O3S. The fourth-order valence-electron chi connectivity index (χ4n) is 4.14. The number of ether oxygens (including phenoxy) is 1. The highest BCUT2D eigenvalue weighted by atomic mass is 79.9. The number of hydrogen-bond acceptors (Lipinski definition) is 4. The van der Waals surface area contributed by atoms with Gasteiger partial charge in [-0.05, 0) is 67.9 Å². The zero-order valence-electron chi connectivity index (χ0n) is 20.5. The molecule has 3 N–H and O–H groups in total. The van der Waals surface area contributed by atoms with Crippen LogP contribution in [0.3, 0.4) is 0 Å². The van der Waals surface area contributed by atoms with Gasteiger partial charge in [0.25, 0.3) is 11.8 Å². The number of anilines is 1. The first-order chi connectivity index (χ1) is 17.4. The third kappa shape index (κ3) is 8.75. The molecule has 0 unspecified atom stereocenters. The van der Waals surface area contributed by atoms with Gasteiger partial charge in [0.1, 0.15) is 5.75 Å². The SMILES string of the molecule is CCCCCCOc1ccc(Br)cc1C(=O)NC(=S)Nc1ccc(Cl)c(C(=O)NC2CCCCC2)c1. The van der Waals surface area contributed by atoms with Crippen LogP contribution in [0.1, 0.15) is 85.4 Å². The molecule has 1 saturated carbocycles. The van der Waals surface area contributed by atoms with Gasteiger partial charge in [-0.2, -0.15) is 0 Å². The highest BCUT2D eigenvalue weighted by molar-refractivity contribution is 9.10. The smallest absolute Gasteiger partial charge is 0.261 e. The quantitative estimate of drug-likeness (QED) is 0.199. The summed E-state index contributed by atoms with van der Waals surface area (Å²) in [5.74, 6) is -0.0925. The lowest BCUT2D eigenvalue weighted by molar-refractivity contribution is 0.0926. The topological polar surface area (TPSA) is 79.5 Å². The molecule has 9 heteroatoms. The number of benzene rings is 2. The van der Waals surface area contributed by atoms with Crippen LogP contribution in [-0.2, 0) is 0 Å². The molecule has 0 saturated heterocycles. The van der Waals surface area contributed by atoms with Crippen LogP contribution >= 0.6 is 39.7 Å². The summed E-state index contributed by atoms with van der Waals surface area (Å²) in [6, 6.07) is 10.5. The van der Waals surface area contributed by atoms with Gasteiger partial charge in [0, 0.05) is 16.2 Å². The van der Waals surface area contributed by atoms with Crippen molar-refractivity contribution in [3.8, 4) is 5.75 Å². The lowest BCUT2D eigenvalue weighted by Crippen LogP contribution is -2.36. The summed E-state index contributed by atoms with van der Waals surface area (Å²) in [5, 5.41) is 9.22. The maximum absolute atomic E-state index is 13.0. The third-order valence-corrected chi connectivity index (χ3v) is 7.10. The zero-order valence-corrected chi connectivity index (χ0v) is 23.7. The van der Waals surface area contributed by atoms with E-state index >= 15 is 0 Å². The van der Waals surface area contributed by atoms with E-state index in [1.54, 1.807) is 30.3 Å². The second-order valence-corrected chi connectivity index (χ2v) is 10.7. The van der Waals surface area contributed by atoms with Gasteiger partial charge in [-0.15, -0.1) is 0 Å². The Bertz CT molecular complexity index is 1080. The average Bonchev–Trinajstić information content (AvgIpc) is 2.86. The highest BCUT2D eigenvalue weighted by Gasteiger charge is 2.19. The maximum atomic E-state index is 13.0. The molecule has 36 heavy (non-hydrogen) atoms. The van der Waals surface area contributed by atoms with Gasteiger partial charge in [0.2, 0.25) is 0 Å². The molecule has 194 valence electrons. The van der Waals surface area contributed by atoms with Crippen LogP contribution in [0.2, 0.25) is 5.02 Å². The summed E-state index contributed by atoms with van der Waals surface area (Å²) in [6.45, 7) is 2.70. The molecule has 2 aromatic rings. The Morgan fingerprint density at radius 1 is 1.03 bits per heavy atom. The van der Waals surface area contributed by atoms with E-state index in [-0.39, 0.29) is 23.0 Å². The maximum Gasteiger partial charge on any atom is 0.261 e. The molecule has 0 spiro atoms. The normalized spacial score (nSPS) is 13.6. The molecule has 2 aromatic carbocycles. The number of nitrogens with one attached hydrogen (secondary N) is 3. The molecule has 1 fully saturated rings. The predicted octanol–water partition coefficient (Wildman–Crippen LogP) is 7.25. The Hall–Kier alpha value is -2.16. The minimum absolute atomic E-state index is 0.106. The summed E-state index contributed by atoms with van der Waals surface area (Å²) < 4.78 is 6.63. The van der Waals surface area contributed by atoms with E-state index in [0.29, 0.717) is 34.2 Å². The Morgan fingerprint density at radius 2 is 1.81 bits per heavy atom. The van der Waals surface area contributed by atoms with Crippen molar-refractivity contribution in [2.24, 2.45) is 0 Å². The van der Waals surface area contributed by atoms with Crippen LogP contribution in [0.25, 0.3) is 0 Å². The van der Waals surface area contributed by atoms with Crippen molar-refractivity contribution in [1.29, 1.82) is 0 Å². The summed E-state index contributed by atoms with van der Waals surface area (Å²) in [7, 11) is 0. The minimum Gasteiger partial charge on any atom is -0.493 e. The van der Waals surface area contributed by atoms with E-state index in [2.05, 4.69) is 38.8 Å². The number of carbonyl (C=O) groups is 2. The van der Waals surface area contributed by atoms with Gasteiger partial charge in [-0.25, -0.2) is 0 Å². The van der Waals surface area contributed by atoms with Crippen LogP contribution in [0.5, 0.6) is 5.75 Å². The van der Waals surface area contributed by atoms with E-state index in [0.717, 1.165) is 55.8 Å². The largest absolute Gasteiger partial charge is 0.493 e. The van der Waals surface area contributed by atoms with Gasteiger partial charge in [-0.1, -0.05) is 73.0 Å². The molecule has 3 rings (SSSR count).